The van der Waals surface area contributed by atoms with E-state index in [0.29, 0.717) is 35.1 Å². The molecule has 316 valence electrons. The molecule has 0 radical (unpaired) electrons. The van der Waals surface area contributed by atoms with Gasteiger partial charge in [0.05, 0.1) is 11.3 Å². The fourth-order valence-corrected chi connectivity index (χ4v) is 9.87. The van der Waals surface area contributed by atoms with Gasteiger partial charge in [0, 0.05) is 98.9 Å². The third kappa shape index (κ3) is 7.86. The summed E-state index contributed by atoms with van der Waals surface area (Å²) in [6.07, 6.45) is 2.93. The Morgan fingerprint density at radius 1 is 0.918 bits per heavy atom. The molecule has 2 atom stereocenters. The number of alkyl halides is 1. The number of ketones is 1. The third-order valence-electron chi connectivity index (χ3n) is 12.0. The summed E-state index contributed by atoms with van der Waals surface area (Å²) in [5.74, 6) is -4.49. The molecule has 5 aromatic rings. The summed E-state index contributed by atoms with van der Waals surface area (Å²) in [5, 5.41) is 2.66. The highest BCUT2D eigenvalue weighted by Crippen LogP contribution is 2.32. The highest BCUT2D eigenvalue weighted by atomic mass is 32.2. The van der Waals surface area contributed by atoms with Crippen molar-refractivity contribution in [2.45, 2.75) is 44.4 Å². The van der Waals surface area contributed by atoms with Gasteiger partial charge in [-0.05, 0) is 72.4 Å². The van der Waals surface area contributed by atoms with Crippen LogP contribution in [0.5, 0.6) is 0 Å². The number of aromatic amines is 1. The number of aromatic nitrogens is 2. The molecule has 0 saturated carbocycles. The highest BCUT2D eigenvalue weighted by molar-refractivity contribution is 7.90. The Bertz CT molecular complexity index is 2700. The number of hydrogen-bond acceptors (Lipinski definition) is 9. The lowest BCUT2D eigenvalue weighted by Gasteiger charge is -2.36. The van der Waals surface area contributed by atoms with Gasteiger partial charge in [0.2, 0.25) is 17.6 Å². The Morgan fingerprint density at radius 2 is 1.70 bits per heavy atom. The van der Waals surface area contributed by atoms with E-state index in [1.165, 1.54) is 6.20 Å². The number of pyridine rings is 1. The van der Waals surface area contributed by atoms with E-state index >= 15 is 8.78 Å². The van der Waals surface area contributed by atoms with Gasteiger partial charge in [0.1, 0.15) is 23.7 Å². The zero-order chi connectivity index (χ0) is 42.6. The van der Waals surface area contributed by atoms with Crippen LogP contribution in [-0.4, -0.2) is 114 Å². The van der Waals surface area contributed by atoms with Gasteiger partial charge in [0.25, 0.3) is 5.91 Å². The van der Waals surface area contributed by atoms with Gasteiger partial charge in [-0.15, -0.1) is 0 Å². The average molecular weight is 855 g/mol. The van der Waals surface area contributed by atoms with Crippen molar-refractivity contribution in [1.82, 2.24) is 29.4 Å². The lowest BCUT2D eigenvalue weighted by molar-refractivity contribution is -0.136. The quantitative estimate of drug-likeness (QED) is 0.128. The van der Waals surface area contributed by atoms with Crippen molar-refractivity contribution in [2.24, 2.45) is 0 Å². The molecule has 61 heavy (non-hydrogen) atoms. The maximum absolute atomic E-state index is 15.7. The van der Waals surface area contributed by atoms with Crippen LogP contribution in [0.25, 0.3) is 22.2 Å². The maximum Gasteiger partial charge on any atom is 0.301 e. The molecule has 1 unspecified atom stereocenters. The number of piperidine rings is 1. The molecule has 3 N–H and O–H groups in total. The topological polar surface area (TPSA) is 168 Å². The summed E-state index contributed by atoms with van der Waals surface area (Å²) < 4.78 is 72.9. The third-order valence-corrected chi connectivity index (χ3v) is 13.5. The predicted octanol–water partition coefficient (Wildman–Crippen LogP) is 4.57. The number of carbonyl (C=O) groups is 4. The molecule has 3 amide bonds. The molecule has 0 bridgehead atoms. The van der Waals surface area contributed by atoms with Gasteiger partial charge >= 0.3 is 10.2 Å². The summed E-state index contributed by atoms with van der Waals surface area (Å²) >= 11 is 0. The summed E-state index contributed by atoms with van der Waals surface area (Å²) in [6.45, 7) is 4.04. The first kappa shape index (κ1) is 40.3. The van der Waals surface area contributed by atoms with E-state index < -0.39 is 63.5 Å². The lowest BCUT2D eigenvalue weighted by Crippen LogP contribution is -2.52. The summed E-state index contributed by atoms with van der Waals surface area (Å²) in [4.78, 5) is 64.4. The number of nitrogens with zero attached hydrogens (tertiary/aromatic N) is 5. The first-order chi connectivity index (χ1) is 29.3. The van der Waals surface area contributed by atoms with E-state index in [2.05, 4.69) is 25.1 Å². The van der Waals surface area contributed by atoms with Gasteiger partial charge in [-0.1, -0.05) is 24.3 Å². The molecule has 4 aliphatic rings. The van der Waals surface area contributed by atoms with Crippen LogP contribution in [0.2, 0.25) is 0 Å². The normalized spacial score (nSPS) is 20.1. The van der Waals surface area contributed by atoms with Crippen LogP contribution in [0.3, 0.4) is 0 Å². The van der Waals surface area contributed by atoms with Gasteiger partial charge in [-0.25, -0.2) is 18.2 Å². The standard InChI is InChI=1S/C43H41F3N8O6S/c44-29-12-14-53(24-29)61(59,60)50-35-8-7-34(45)38(39(35)46)40(56)33-22-48-41-32(33)20-27(21-47-41)26-2-4-30(5-3-26)52-17-15-51(16-18-52)13-11-25-1-6-31-28(19-25)23-54(43(31)58)36-9-10-37(55)49-42(36)57/h1-8,19-22,29,36,50H,9-18,23-24H2,(H,47,48)(H,49,55,57)/t29-,36?/m1/s1. The Kier molecular flexibility index (Phi) is 10.6. The molecule has 18 heteroatoms. The second-order valence-electron chi connectivity index (χ2n) is 15.8. The number of benzene rings is 3. The summed E-state index contributed by atoms with van der Waals surface area (Å²) in [6, 6.07) is 16.5. The molecule has 2 aromatic heterocycles. The fraction of sp³-hybridized carbons (Fsp3) is 0.326. The van der Waals surface area contributed by atoms with Crippen molar-refractivity contribution >= 4 is 56.1 Å². The summed E-state index contributed by atoms with van der Waals surface area (Å²) in [5.41, 5.74) is 3.80. The van der Waals surface area contributed by atoms with E-state index in [4.69, 9.17) is 0 Å². The monoisotopic (exact) mass is 854 g/mol. The molecular formula is C43H41F3N8O6S. The van der Waals surface area contributed by atoms with Gasteiger partial charge in [-0.3, -0.25) is 34.1 Å². The molecule has 14 nitrogen and oxygen atoms in total. The smallest absolute Gasteiger partial charge is 0.301 e. The van der Waals surface area contributed by atoms with Crippen molar-refractivity contribution in [3.63, 3.8) is 0 Å². The number of fused-ring (bicyclic) bond motifs is 2. The SMILES string of the molecule is O=C1CCC(N2Cc3cc(CCN4CCN(c5ccc(-c6cnc7[nH]cc(C(=O)c8c(F)ccc(NS(=O)(=O)N9CC[C@@H](F)C9)c8F)c7c6)cc5)CC4)ccc3C2=O)C(=O)N1. The minimum Gasteiger partial charge on any atom is -0.369 e. The number of piperazine rings is 1. The fourth-order valence-electron chi connectivity index (χ4n) is 8.60. The largest absolute Gasteiger partial charge is 0.369 e. The van der Waals surface area contributed by atoms with Crippen LogP contribution in [0.1, 0.15) is 56.7 Å². The van der Waals surface area contributed by atoms with E-state index in [-0.39, 0.29) is 36.8 Å². The number of imide groups is 1. The maximum atomic E-state index is 15.7. The van der Waals surface area contributed by atoms with Crippen molar-refractivity contribution in [3.8, 4) is 11.1 Å². The molecule has 3 fully saturated rings. The number of halogens is 3. The van der Waals surface area contributed by atoms with Gasteiger partial charge in [-0.2, -0.15) is 12.7 Å². The zero-order valence-electron chi connectivity index (χ0n) is 32.8. The molecule has 3 saturated heterocycles. The number of carbonyl (C=O) groups excluding carboxylic acids is 4. The molecule has 0 aliphatic carbocycles. The van der Waals surface area contributed by atoms with E-state index in [0.717, 1.165) is 78.0 Å². The van der Waals surface area contributed by atoms with E-state index in [1.54, 1.807) is 17.2 Å². The molecule has 6 heterocycles. The lowest BCUT2D eigenvalue weighted by atomic mass is 9.99. The number of amides is 3. The first-order valence-electron chi connectivity index (χ1n) is 20.1. The van der Waals surface area contributed by atoms with E-state index in [9.17, 15) is 32.0 Å². The molecule has 4 aliphatic heterocycles. The van der Waals surface area contributed by atoms with Crippen molar-refractivity contribution < 1.29 is 40.8 Å². The molecular weight excluding hydrogens is 814 g/mol. The molecule has 9 rings (SSSR count). The van der Waals surface area contributed by atoms with Crippen LogP contribution in [0.15, 0.2) is 73.1 Å². The van der Waals surface area contributed by atoms with Crippen LogP contribution in [0.4, 0.5) is 24.5 Å². The second-order valence-corrected chi connectivity index (χ2v) is 17.5. The number of nitrogens with one attached hydrogen (secondary N) is 3. The van der Waals surface area contributed by atoms with Crippen molar-refractivity contribution in [1.29, 1.82) is 0 Å². The second kappa shape index (κ2) is 16.1. The Hall–Kier alpha value is -6.11. The van der Waals surface area contributed by atoms with Gasteiger partial charge in [0.15, 0.2) is 5.82 Å². The minimum atomic E-state index is -4.36. The van der Waals surface area contributed by atoms with Crippen LogP contribution >= 0.6 is 0 Å². The van der Waals surface area contributed by atoms with Crippen LogP contribution < -0.4 is 14.9 Å². The number of hydrogen-bond donors (Lipinski definition) is 3. The zero-order valence-corrected chi connectivity index (χ0v) is 33.6. The van der Waals surface area contributed by atoms with E-state index in [1.807, 2.05) is 47.2 Å². The van der Waals surface area contributed by atoms with Crippen LogP contribution in [-0.2, 0) is 32.8 Å². The highest BCUT2D eigenvalue weighted by Gasteiger charge is 2.39. The Labute approximate surface area is 348 Å². The first-order valence-corrected chi connectivity index (χ1v) is 21.5. The number of H-pyrrole nitrogens is 1. The number of rotatable bonds is 11. The van der Waals surface area contributed by atoms with Crippen LogP contribution in [0, 0.1) is 11.6 Å². The molecule has 3 aromatic carbocycles. The minimum absolute atomic E-state index is 0.0000587. The van der Waals surface area contributed by atoms with Crippen molar-refractivity contribution in [2.75, 3.05) is 55.4 Å². The Balaban J connectivity index is 0.820. The van der Waals surface area contributed by atoms with Crippen molar-refractivity contribution in [3.05, 3.63) is 113 Å². The summed E-state index contributed by atoms with van der Waals surface area (Å²) in [7, 11) is -4.36. The average Bonchev–Trinajstić information content (AvgIpc) is 3.98. The molecule has 0 spiro atoms. The number of anilines is 2. The van der Waals surface area contributed by atoms with Gasteiger partial charge < -0.3 is 14.8 Å². The Morgan fingerprint density at radius 3 is 2.44 bits per heavy atom. The predicted molar refractivity (Wildman–Crippen MR) is 220 cm³/mol.